The van der Waals surface area contributed by atoms with Crippen LogP contribution in [0.1, 0.15) is 71.1 Å². The van der Waals surface area contributed by atoms with Crippen LogP contribution in [0.5, 0.6) is 11.5 Å². The van der Waals surface area contributed by atoms with E-state index in [0.717, 1.165) is 44.9 Å². The van der Waals surface area contributed by atoms with Gasteiger partial charge in [0.05, 0.1) is 12.7 Å². The van der Waals surface area contributed by atoms with Crippen molar-refractivity contribution in [1.82, 2.24) is 5.32 Å². The summed E-state index contributed by atoms with van der Waals surface area (Å²) in [6.45, 7) is 2.21. The van der Waals surface area contributed by atoms with Crippen LogP contribution in [0.25, 0.3) is 0 Å². The first-order valence-corrected chi connectivity index (χ1v) is 12.2. The SMILES string of the molecule is CCCCCCCC(=O)NCCOP(=O)(O)Oc1cccc(OC2CCCC2)c1. The minimum absolute atomic E-state index is 0.0736. The molecule has 164 valence electrons. The van der Waals surface area contributed by atoms with Gasteiger partial charge in [0.2, 0.25) is 5.91 Å². The summed E-state index contributed by atoms with van der Waals surface area (Å²) < 4.78 is 28.0. The van der Waals surface area contributed by atoms with Gasteiger partial charge in [0.25, 0.3) is 0 Å². The summed E-state index contributed by atoms with van der Waals surface area (Å²) in [6.07, 6.45) is 10.4. The maximum atomic E-state index is 12.1. The zero-order chi connectivity index (χ0) is 21.0. The molecule has 1 aliphatic carbocycles. The Hall–Kier alpha value is -1.56. The molecule has 2 rings (SSSR count). The lowest BCUT2D eigenvalue weighted by Crippen LogP contribution is -2.26. The lowest BCUT2D eigenvalue weighted by molar-refractivity contribution is -0.121. The highest BCUT2D eigenvalue weighted by Gasteiger charge is 2.23. The fourth-order valence-corrected chi connectivity index (χ4v) is 4.05. The van der Waals surface area contributed by atoms with Crippen LogP contribution in [0.4, 0.5) is 0 Å². The van der Waals surface area contributed by atoms with Gasteiger partial charge in [-0.2, -0.15) is 0 Å². The number of benzene rings is 1. The normalized spacial score (nSPS) is 16.3. The molecule has 0 saturated heterocycles. The van der Waals surface area contributed by atoms with Gasteiger partial charge in [0.1, 0.15) is 11.5 Å². The Morgan fingerprint density at radius 1 is 1.17 bits per heavy atom. The monoisotopic (exact) mass is 427 g/mol. The number of rotatable bonds is 14. The van der Waals surface area contributed by atoms with Gasteiger partial charge in [-0.3, -0.25) is 14.2 Å². The van der Waals surface area contributed by atoms with Gasteiger partial charge in [-0.15, -0.1) is 0 Å². The summed E-state index contributed by atoms with van der Waals surface area (Å²) in [6, 6.07) is 6.67. The van der Waals surface area contributed by atoms with E-state index in [1.807, 2.05) is 0 Å². The van der Waals surface area contributed by atoms with Crippen LogP contribution < -0.4 is 14.6 Å². The third kappa shape index (κ3) is 10.2. The molecular formula is C21H34NO6P. The number of hydrogen-bond acceptors (Lipinski definition) is 5. The lowest BCUT2D eigenvalue weighted by Gasteiger charge is -2.16. The Morgan fingerprint density at radius 2 is 1.90 bits per heavy atom. The summed E-state index contributed by atoms with van der Waals surface area (Å²) >= 11 is 0. The molecule has 1 atom stereocenters. The topological polar surface area (TPSA) is 94.1 Å². The molecule has 1 saturated carbocycles. The van der Waals surface area contributed by atoms with E-state index in [1.165, 1.54) is 12.8 Å². The number of amides is 1. The van der Waals surface area contributed by atoms with Crippen molar-refractivity contribution in [3.63, 3.8) is 0 Å². The lowest BCUT2D eigenvalue weighted by atomic mass is 10.1. The number of phosphoric acid groups is 1. The molecule has 29 heavy (non-hydrogen) atoms. The van der Waals surface area contributed by atoms with Crippen molar-refractivity contribution in [2.24, 2.45) is 0 Å². The van der Waals surface area contributed by atoms with E-state index in [2.05, 4.69) is 12.2 Å². The molecule has 0 bridgehead atoms. The average Bonchev–Trinajstić information content (AvgIpc) is 3.18. The Balaban J connectivity index is 1.65. The van der Waals surface area contributed by atoms with Crippen molar-refractivity contribution in [1.29, 1.82) is 0 Å². The van der Waals surface area contributed by atoms with Gasteiger partial charge in [0.15, 0.2) is 0 Å². The van der Waals surface area contributed by atoms with Crippen LogP contribution in [0, 0.1) is 0 Å². The van der Waals surface area contributed by atoms with Crippen molar-refractivity contribution in [2.45, 2.75) is 77.2 Å². The van der Waals surface area contributed by atoms with Crippen LogP contribution in [-0.2, 0) is 13.9 Å². The van der Waals surface area contributed by atoms with Crippen LogP contribution in [0.3, 0.4) is 0 Å². The highest BCUT2D eigenvalue weighted by atomic mass is 31.2. The molecule has 1 aromatic carbocycles. The summed E-state index contributed by atoms with van der Waals surface area (Å²) in [5.41, 5.74) is 0. The number of carbonyl (C=O) groups is 1. The molecule has 0 aliphatic heterocycles. The quantitative estimate of drug-likeness (QED) is 0.321. The molecule has 0 aromatic heterocycles. The van der Waals surface area contributed by atoms with Crippen molar-refractivity contribution in [2.75, 3.05) is 13.2 Å². The smallest absolute Gasteiger partial charge is 0.490 e. The third-order valence-corrected chi connectivity index (χ3v) is 5.77. The Labute approximate surface area is 173 Å². The minimum atomic E-state index is -4.27. The first-order valence-electron chi connectivity index (χ1n) is 10.7. The fourth-order valence-electron chi connectivity index (χ4n) is 3.29. The molecule has 1 unspecified atom stereocenters. The second kappa shape index (κ2) is 12.9. The summed E-state index contributed by atoms with van der Waals surface area (Å²) in [7, 11) is -4.27. The summed E-state index contributed by atoms with van der Waals surface area (Å²) in [5, 5.41) is 2.69. The number of phosphoric ester groups is 1. The second-order valence-corrected chi connectivity index (χ2v) is 8.78. The van der Waals surface area contributed by atoms with E-state index in [-0.39, 0.29) is 30.9 Å². The van der Waals surface area contributed by atoms with E-state index in [1.54, 1.807) is 24.3 Å². The Morgan fingerprint density at radius 3 is 2.66 bits per heavy atom. The Bertz CT molecular complexity index is 662. The number of nitrogens with one attached hydrogen (secondary N) is 1. The van der Waals surface area contributed by atoms with Gasteiger partial charge in [-0.1, -0.05) is 38.7 Å². The van der Waals surface area contributed by atoms with Gasteiger partial charge in [-0.25, -0.2) is 4.57 Å². The van der Waals surface area contributed by atoms with E-state index in [4.69, 9.17) is 13.8 Å². The molecule has 1 fully saturated rings. The molecule has 0 spiro atoms. The van der Waals surface area contributed by atoms with Gasteiger partial charge in [-0.05, 0) is 44.2 Å². The molecule has 2 N–H and O–H groups in total. The standard InChI is InChI=1S/C21H34NO6P/c1-2-3-4-5-6-14-21(23)22-15-16-26-29(24,25)28-20-13-9-12-19(17-20)27-18-10-7-8-11-18/h9,12-13,17-18H,2-8,10-11,14-16H2,1H3,(H,22,23)(H,24,25). The highest BCUT2D eigenvalue weighted by molar-refractivity contribution is 7.47. The van der Waals surface area contributed by atoms with E-state index < -0.39 is 7.82 Å². The van der Waals surface area contributed by atoms with E-state index in [9.17, 15) is 14.3 Å². The van der Waals surface area contributed by atoms with Crippen LogP contribution in [-0.4, -0.2) is 30.1 Å². The predicted octanol–water partition coefficient (Wildman–Crippen LogP) is 4.98. The Kier molecular flexibility index (Phi) is 10.5. The number of unbranched alkanes of at least 4 members (excludes halogenated alkanes) is 4. The van der Waals surface area contributed by atoms with Crippen LogP contribution >= 0.6 is 7.82 Å². The third-order valence-electron chi connectivity index (χ3n) is 4.82. The van der Waals surface area contributed by atoms with Gasteiger partial charge < -0.3 is 14.6 Å². The molecule has 1 amide bonds. The fraction of sp³-hybridized carbons (Fsp3) is 0.667. The van der Waals surface area contributed by atoms with Crippen LogP contribution in [0.2, 0.25) is 0 Å². The zero-order valence-corrected chi connectivity index (χ0v) is 18.2. The van der Waals surface area contributed by atoms with Crippen LogP contribution in [0.15, 0.2) is 24.3 Å². The van der Waals surface area contributed by atoms with Crippen molar-refractivity contribution < 1.29 is 28.0 Å². The van der Waals surface area contributed by atoms with Crippen molar-refractivity contribution in [3.8, 4) is 11.5 Å². The number of hydrogen-bond donors (Lipinski definition) is 2. The summed E-state index contributed by atoms with van der Waals surface area (Å²) in [4.78, 5) is 21.6. The van der Waals surface area contributed by atoms with E-state index in [0.29, 0.717) is 12.2 Å². The molecule has 1 aromatic rings. The van der Waals surface area contributed by atoms with Crippen molar-refractivity contribution >= 4 is 13.7 Å². The largest absolute Gasteiger partial charge is 0.527 e. The maximum absolute atomic E-state index is 12.1. The summed E-state index contributed by atoms with van der Waals surface area (Å²) in [5.74, 6) is 0.749. The minimum Gasteiger partial charge on any atom is -0.490 e. The van der Waals surface area contributed by atoms with Gasteiger partial charge in [0, 0.05) is 19.0 Å². The zero-order valence-electron chi connectivity index (χ0n) is 17.3. The first kappa shape index (κ1) is 23.7. The molecular weight excluding hydrogens is 393 g/mol. The number of ether oxygens (including phenoxy) is 1. The van der Waals surface area contributed by atoms with E-state index >= 15 is 0 Å². The highest BCUT2D eigenvalue weighted by Crippen LogP contribution is 2.44. The van der Waals surface area contributed by atoms with Crippen molar-refractivity contribution in [3.05, 3.63) is 24.3 Å². The second-order valence-electron chi connectivity index (χ2n) is 7.41. The molecule has 0 radical (unpaired) electrons. The number of carbonyl (C=O) groups excluding carboxylic acids is 1. The predicted molar refractivity (Wildman–Crippen MR) is 112 cm³/mol. The maximum Gasteiger partial charge on any atom is 0.527 e. The van der Waals surface area contributed by atoms with Gasteiger partial charge >= 0.3 is 7.82 Å². The first-order chi connectivity index (χ1) is 14.0. The molecule has 7 nitrogen and oxygen atoms in total. The molecule has 0 heterocycles. The molecule has 8 heteroatoms. The average molecular weight is 427 g/mol. The molecule has 1 aliphatic rings.